The van der Waals surface area contributed by atoms with E-state index in [0.29, 0.717) is 30.3 Å². The Balaban J connectivity index is 1.59. The summed E-state index contributed by atoms with van der Waals surface area (Å²) in [5.74, 6) is -0.358. The summed E-state index contributed by atoms with van der Waals surface area (Å²) in [6.07, 6.45) is 9.36. The first kappa shape index (κ1) is 30.8. The summed E-state index contributed by atoms with van der Waals surface area (Å²) >= 11 is 0. The van der Waals surface area contributed by atoms with Crippen LogP contribution in [0.4, 0.5) is 0 Å². The van der Waals surface area contributed by atoms with Crippen molar-refractivity contribution in [2.45, 2.75) is 139 Å². The molecule has 0 radical (unpaired) electrons. The molecule has 5 aliphatic carbocycles. The smallest absolute Gasteiger partial charge is 0.333 e. The fourth-order valence-corrected chi connectivity index (χ4v) is 11.4. The number of carboxylic acid groups (broad SMARTS) is 1. The van der Waals surface area contributed by atoms with E-state index in [4.69, 9.17) is 4.74 Å². The highest BCUT2D eigenvalue weighted by molar-refractivity contribution is 5.89. The summed E-state index contributed by atoms with van der Waals surface area (Å²) in [7, 11) is 0. The molecule has 2 N–H and O–H groups in total. The van der Waals surface area contributed by atoms with E-state index in [9.17, 15) is 19.8 Å². The number of aliphatic carboxylic acids is 1. The van der Waals surface area contributed by atoms with E-state index in [0.717, 1.165) is 50.5 Å². The van der Waals surface area contributed by atoms with Crippen LogP contribution in [0.1, 0.15) is 127 Å². The molecule has 0 aromatic carbocycles. The fraction of sp³-hybridized carbons (Fsp3) is 0.833. The Hall–Kier alpha value is -1.62. The topological polar surface area (TPSA) is 83.8 Å². The summed E-state index contributed by atoms with van der Waals surface area (Å²) in [5, 5.41) is 22.0. The van der Waals surface area contributed by atoms with Crippen molar-refractivity contribution >= 4 is 11.9 Å². The van der Waals surface area contributed by atoms with Crippen molar-refractivity contribution in [3.05, 3.63) is 22.8 Å². The van der Waals surface area contributed by atoms with Crippen molar-refractivity contribution in [2.24, 2.45) is 50.2 Å². The van der Waals surface area contributed by atoms with Gasteiger partial charge in [-0.15, -0.1) is 0 Å². The van der Waals surface area contributed by atoms with Gasteiger partial charge < -0.3 is 14.9 Å². The molecule has 0 aromatic rings. The Morgan fingerprint density at radius 3 is 2.15 bits per heavy atom. The third-order valence-electron chi connectivity index (χ3n) is 14.3. The predicted octanol–water partition coefficient (Wildman–Crippen LogP) is 8.11. The minimum Gasteiger partial charge on any atom is -0.481 e. The average molecular weight is 569 g/mol. The number of ether oxygens (including phenoxy) is 1. The number of fused-ring (bicyclic) bond motifs is 7. The van der Waals surface area contributed by atoms with Gasteiger partial charge >= 0.3 is 11.9 Å². The van der Waals surface area contributed by atoms with Crippen molar-refractivity contribution < 1.29 is 24.5 Å². The molecule has 4 fully saturated rings. The molecule has 0 spiro atoms. The number of allylic oxidation sites excluding steroid dienone is 3. The van der Waals surface area contributed by atoms with Crippen LogP contribution < -0.4 is 0 Å². The highest BCUT2D eigenvalue weighted by Gasteiger charge is 2.71. The lowest BCUT2D eigenvalue weighted by Gasteiger charge is -2.71. The standard InChI is InChI=1S/C36H56O5/c1-21(2)22(3)29(38)41-28-20-31(4,5)19-24-23-11-12-26-33(8)15-14-27(37)32(6,7)25(33)13-16-35(26,10)34(23,9)17-18-36(24,28)30(39)40/h11,24-28,37H,12-20H2,1-10H3,(H,39,40)/t24?,25?,26?,27-,28+,33-,34+,35+,36?/m0/s1. The predicted molar refractivity (Wildman–Crippen MR) is 162 cm³/mol. The van der Waals surface area contributed by atoms with Crippen LogP contribution in [-0.2, 0) is 14.3 Å². The van der Waals surface area contributed by atoms with Crippen molar-refractivity contribution in [3.8, 4) is 0 Å². The van der Waals surface area contributed by atoms with Crippen LogP contribution in [0, 0.1) is 50.2 Å². The maximum absolute atomic E-state index is 13.4. The molecule has 5 nitrogen and oxygen atoms in total. The monoisotopic (exact) mass is 568 g/mol. The van der Waals surface area contributed by atoms with Crippen LogP contribution >= 0.6 is 0 Å². The largest absolute Gasteiger partial charge is 0.481 e. The van der Waals surface area contributed by atoms with Gasteiger partial charge in [-0.1, -0.05) is 65.7 Å². The van der Waals surface area contributed by atoms with Gasteiger partial charge in [-0.2, -0.15) is 0 Å². The average Bonchev–Trinajstić information content (AvgIpc) is 2.85. The second kappa shape index (κ2) is 9.44. The number of carbonyl (C=O) groups excluding carboxylic acids is 1. The van der Waals surface area contributed by atoms with E-state index in [-0.39, 0.29) is 45.1 Å². The second-order valence-electron chi connectivity index (χ2n) is 17.2. The maximum Gasteiger partial charge on any atom is 0.333 e. The van der Waals surface area contributed by atoms with E-state index in [1.54, 1.807) is 6.92 Å². The number of aliphatic hydroxyl groups is 1. The molecule has 5 aliphatic rings. The van der Waals surface area contributed by atoms with E-state index in [1.807, 2.05) is 13.8 Å². The molecule has 4 unspecified atom stereocenters. The Labute approximate surface area is 248 Å². The molecule has 0 aliphatic heterocycles. The van der Waals surface area contributed by atoms with Crippen molar-refractivity contribution in [1.82, 2.24) is 0 Å². The lowest BCUT2D eigenvalue weighted by atomic mass is 9.33. The number of carbonyl (C=O) groups is 2. The van der Waals surface area contributed by atoms with Crippen molar-refractivity contribution in [1.29, 1.82) is 0 Å². The highest BCUT2D eigenvalue weighted by atomic mass is 16.5. The summed E-state index contributed by atoms with van der Waals surface area (Å²) in [6.45, 7) is 22.0. The van der Waals surface area contributed by atoms with Gasteiger partial charge in [0.05, 0.1) is 6.10 Å². The van der Waals surface area contributed by atoms with Crippen LogP contribution in [0.15, 0.2) is 22.8 Å². The third-order valence-corrected chi connectivity index (χ3v) is 14.3. The van der Waals surface area contributed by atoms with Gasteiger partial charge in [0, 0.05) is 11.5 Å². The molecule has 9 atom stereocenters. The summed E-state index contributed by atoms with van der Waals surface area (Å²) < 4.78 is 6.22. The van der Waals surface area contributed by atoms with Gasteiger partial charge in [0.2, 0.25) is 0 Å². The molecule has 230 valence electrons. The summed E-state index contributed by atoms with van der Waals surface area (Å²) in [6, 6.07) is 0. The number of hydrogen-bond acceptors (Lipinski definition) is 4. The second-order valence-corrected chi connectivity index (χ2v) is 17.2. The molecule has 0 heterocycles. The molecule has 4 saturated carbocycles. The third kappa shape index (κ3) is 4.09. The first-order chi connectivity index (χ1) is 18.8. The van der Waals surface area contributed by atoms with Crippen LogP contribution in [0.2, 0.25) is 0 Å². The lowest BCUT2D eigenvalue weighted by Crippen LogP contribution is -2.66. The Morgan fingerprint density at radius 2 is 1.54 bits per heavy atom. The van der Waals surface area contributed by atoms with Gasteiger partial charge in [-0.3, -0.25) is 4.79 Å². The Kier molecular flexibility index (Phi) is 7.10. The molecule has 0 aromatic heterocycles. The Morgan fingerprint density at radius 1 is 0.878 bits per heavy atom. The Bertz CT molecular complexity index is 1190. The lowest BCUT2D eigenvalue weighted by molar-refractivity contribution is -0.215. The van der Waals surface area contributed by atoms with E-state index >= 15 is 0 Å². The number of carboxylic acids is 1. The number of esters is 1. The quantitative estimate of drug-likeness (QED) is 0.204. The minimum absolute atomic E-state index is 0.0534. The van der Waals surface area contributed by atoms with Crippen LogP contribution in [0.5, 0.6) is 0 Å². The zero-order chi connectivity index (χ0) is 30.6. The van der Waals surface area contributed by atoms with Gasteiger partial charge in [0.1, 0.15) is 11.5 Å². The molecule has 5 rings (SSSR count). The van der Waals surface area contributed by atoms with Gasteiger partial charge in [-0.05, 0) is 117 Å². The first-order valence-corrected chi connectivity index (χ1v) is 16.2. The maximum atomic E-state index is 13.4. The van der Waals surface area contributed by atoms with Gasteiger partial charge in [0.25, 0.3) is 0 Å². The van der Waals surface area contributed by atoms with Gasteiger partial charge in [-0.25, -0.2) is 4.79 Å². The van der Waals surface area contributed by atoms with Crippen LogP contribution in [0.25, 0.3) is 0 Å². The molecule has 0 bridgehead atoms. The van der Waals surface area contributed by atoms with Crippen LogP contribution in [-0.4, -0.2) is 34.4 Å². The number of rotatable bonds is 3. The zero-order valence-electron chi connectivity index (χ0n) is 27.4. The molecule has 0 saturated heterocycles. The van der Waals surface area contributed by atoms with E-state index in [2.05, 4.69) is 54.5 Å². The normalized spacial score (nSPS) is 46.0. The van der Waals surface area contributed by atoms with E-state index < -0.39 is 17.5 Å². The van der Waals surface area contributed by atoms with Crippen molar-refractivity contribution in [3.63, 3.8) is 0 Å². The number of hydrogen-bond donors (Lipinski definition) is 2. The summed E-state index contributed by atoms with van der Waals surface area (Å²) in [4.78, 5) is 26.7. The van der Waals surface area contributed by atoms with Crippen molar-refractivity contribution in [2.75, 3.05) is 0 Å². The van der Waals surface area contributed by atoms with Gasteiger partial charge in [0.15, 0.2) is 0 Å². The molecule has 5 heteroatoms. The molecular formula is C36H56O5. The SMILES string of the molecule is CC(C)=C(C)C(=O)O[C@@H]1CC(C)(C)CC2C3=CCC4[C@@]5(C)CC[C@H](O)C(C)(C)C5CC[C@@]4(C)[C@]3(C)CCC21C(=O)O. The highest BCUT2D eigenvalue weighted by Crippen LogP contribution is 2.75. The zero-order valence-corrected chi connectivity index (χ0v) is 27.4. The first-order valence-electron chi connectivity index (χ1n) is 16.2. The van der Waals surface area contributed by atoms with Crippen LogP contribution in [0.3, 0.4) is 0 Å². The molecule has 41 heavy (non-hydrogen) atoms. The van der Waals surface area contributed by atoms with E-state index in [1.165, 1.54) is 5.57 Å². The minimum atomic E-state index is -1.10. The fourth-order valence-electron chi connectivity index (χ4n) is 11.4. The summed E-state index contributed by atoms with van der Waals surface area (Å²) in [5.41, 5.74) is 1.56. The number of aliphatic hydroxyl groups excluding tert-OH is 1. The molecular weight excluding hydrogens is 512 g/mol. The molecule has 0 amide bonds.